The molecule has 0 saturated heterocycles. The number of thiazole rings is 1. The zero-order valence-corrected chi connectivity index (χ0v) is 27.7. The van der Waals surface area contributed by atoms with Crippen molar-refractivity contribution in [1.29, 1.82) is 0 Å². The van der Waals surface area contributed by atoms with Gasteiger partial charge in [0.05, 0.1) is 35.1 Å². The lowest BCUT2D eigenvalue weighted by Gasteiger charge is -2.26. The fourth-order valence-electron chi connectivity index (χ4n) is 5.31. The largest absolute Gasteiger partial charge is 0.494 e. The third-order valence-corrected chi connectivity index (χ3v) is 8.85. The van der Waals surface area contributed by atoms with Crippen molar-refractivity contribution in [2.24, 2.45) is 4.99 Å². The lowest BCUT2D eigenvalue weighted by Crippen LogP contribution is -2.40. The Kier molecular flexibility index (Phi) is 9.61. The summed E-state index contributed by atoms with van der Waals surface area (Å²) in [5.41, 5.74) is 3.75. The van der Waals surface area contributed by atoms with Gasteiger partial charge in [-0.05, 0) is 61.4 Å². The number of carbonyl (C=O) groups is 1. The summed E-state index contributed by atoms with van der Waals surface area (Å²) in [6.45, 7) is 4.76. The van der Waals surface area contributed by atoms with Crippen LogP contribution in [0.15, 0.2) is 123 Å². The lowest BCUT2D eigenvalue weighted by atomic mass is 9.93. The van der Waals surface area contributed by atoms with Crippen molar-refractivity contribution in [2.45, 2.75) is 26.5 Å². The second-order valence-electron chi connectivity index (χ2n) is 10.4. The molecule has 2 heterocycles. The van der Waals surface area contributed by atoms with E-state index in [1.807, 2.05) is 116 Å². The summed E-state index contributed by atoms with van der Waals surface area (Å²) in [7, 11) is 0. The third-order valence-electron chi connectivity index (χ3n) is 7.38. The fraction of sp³-hybridized carbons (Fsp3) is 0.162. The molecule has 1 aliphatic heterocycles. The summed E-state index contributed by atoms with van der Waals surface area (Å²) in [6.07, 6.45) is 1.82. The molecule has 4 aromatic carbocycles. The number of fused-ring (bicyclic) bond motifs is 1. The summed E-state index contributed by atoms with van der Waals surface area (Å²) in [6, 6.07) is 31.8. The molecule has 0 aliphatic carbocycles. The summed E-state index contributed by atoms with van der Waals surface area (Å²) in [4.78, 5) is 33.5. The quantitative estimate of drug-likeness (QED) is 0.153. The number of halogens is 1. The van der Waals surface area contributed by atoms with E-state index >= 15 is 0 Å². The smallest absolute Gasteiger partial charge is 0.338 e. The number of hydrogen-bond acceptors (Lipinski definition) is 7. The van der Waals surface area contributed by atoms with Crippen LogP contribution in [0.25, 0.3) is 11.8 Å². The van der Waals surface area contributed by atoms with E-state index in [4.69, 9.17) is 19.2 Å². The first-order valence-electron chi connectivity index (χ1n) is 14.9. The molecular weight excluding hydrogens is 664 g/mol. The van der Waals surface area contributed by atoms with Crippen molar-refractivity contribution in [2.75, 3.05) is 13.2 Å². The summed E-state index contributed by atoms with van der Waals surface area (Å²) < 4.78 is 20.3. The Bertz CT molecular complexity index is 2070. The van der Waals surface area contributed by atoms with Gasteiger partial charge < -0.3 is 14.2 Å². The Morgan fingerprint density at radius 2 is 1.63 bits per heavy atom. The van der Waals surface area contributed by atoms with Crippen LogP contribution >= 0.6 is 27.3 Å². The average molecular weight is 696 g/mol. The van der Waals surface area contributed by atoms with Gasteiger partial charge in [0, 0.05) is 15.6 Å². The van der Waals surface area contributed by atoms with E-state index in [1.54, 1.807) is 11.5 Å². The van der Waals surface area contributed by atoms with E-state index in [0.29, 0.717) is 45.3 Å². The van der Waals surface area contributed by atoms with E-state index < -0.39 is 12.0 Å². The van der Waals surface area contributed by atoms with Crippen molar-refractivity contribution in [1.82, 2.24) is 4.57 Å². The van der Waals surface area contributed by atoms with Gasteiger partial charge in [-0.25, -0.2) is 9.79 Å². The van der Waals surface area contributed by atoms with Gasteiger partial charge >= 0.3 is 5.97 Å². The number of rotatable bonds is 10. The van der Waals surface area contributed by atoms with Gasteiger partial charge in [0.1, 0.15) is 18.1 Å². The van der Waals surface area contributed by atoms with E-state index in [1.165, 1.54) is 11.3 Å². The maximum absolute atomic E-state index is 14.3. The molecule has 1 atom stereocenters. The molecule has 0 fully saturated rings. The molecule has 0 radical (unpaired) electrons. The minimum atomic E-state index is -0.778. The number of benzene rings is 4. The van der Waals surface area contributed by atoms with Crippen LogP contribution in [0, 0.1) is 0 Å². The number of aromatic nitrogens is 1. The van der Waals surface area contributed by atoms with Crippen LogP contribution in [0.2, 0.25) is 0 Å². The predicted molar refractivity (Wildman–Crippen MR) is 184 cm³/mol. The maximum atomic E-state index is 14.3. The van der Waals surface area contributed by atoms with Gasteiger partial charge in [-0.1, -0.05) is 100 Å². The molecule has 0 amide bonds. The van der Waals surface area contributed by atoms with Crippen LogP contribution in [0.5, 0.6) is 11.5 Å². The maximum Gasteiger partial charge on any atom is 0.338 e. The van der Waals surface area contributed by atoms with E-state index in [0.717, 1.165) is 26.7 Å². The molecular formula is C37H31BrN2O5S. The Labute approximate surface area is 278 Å². The zero-order chi connectivity index (χ0) is 32.0. The standard InChI is InChI=1S/C37H31BrN2O5S/c1-3-43-29-18-15-26(16-19-29)34-32(36(42)44-4-2)33(25-13-9-6-10-14-25)39-37-40(34)35(41)31(46-37)22-27-21-28(38)17-20-30(27)45-23-24-11-7-5-8-12-24/h5-22,34H,3-4,23H2,1-2H3/b31-22-/t34-/m0/s1. The van der Waals surface area contributed by atoms with Gasteiger partial charge in [-0.3, -0.25) is 9.36 Å². The normalized spacial score (nSPS) is 14.4. The lowest BCUT2D eigenvalue weighted by molar-refractivity contribution is -0.138. The highest BCUT2D eigenvalue weighted by Gasteiger charge is 2.35. The Morgan fingerprint density at radius 1 is 0.913 bits per heavy atom. The van der Waals surface area contributed by atoms with Gasteiger partial charge in [-0.15, -0.1) is 0 Å². The van der Waals surface area contributed by atoms with Crippen molar-refractivity contribution in [3.63, 3.8) is 0 Å². The zero-order valence-electron chi connectivity index (χ0n) is 25.3. The fourth-order valence-corrected chi connectivity index (χ4v) is 6.68. The highest BCUT2D eigenvalue weighted by Crippen LogP contribution is 2.36. The number of carbonyl (C=O) groups excluding carboxylic acids is 1. The van der Waals surface area contributed by atoms with Crippen molar-refractivity contribution < 1.29 is 19.0 Å². The van der Waals surface area contributed by atoms with Crippen molar-refractivity contribution in [3.8, 4) is 11.5 Å². The molecule has 0 bridgehead atoms. The molecule has 0 spiro atoms. The summed E-state index contributed by atoms with van der Waals surface area (Å²) in [5.74, 6) is 0.807. The minimum absolute atomic E-state index is 0.180. The Hall–Kier alpha value is -4.73. The van der Waals surface area contributed by atoms with Crippen LogP contribution in [-0.2, 0) is 16.1 Å². The first-order valence-corrected chi connectivity index (χ1v) is 16.5. The van der Waals surface area contributed by atoms with Gasteiger partial charge in [0.2, 0.25) is 0 Å². The number of hydrogen-bond donors (Lipinski definition) is 0. The second kappa shape index (κ2) is 14.1. The monoisotopic (exact) mass is 694 g/mol. The number of ether oxygens (including phenoxy) is 3. The molecule has 0 N–H and O–H groups in total. The van der Waals surface area contributed by atoms with Gasteiger partial charge in [0.25, 0.3) is 5.56 Å². The minimum Gasteiger partial charge on any atom is -0.494 e. The molecule has 1 aliphatic rings. The second-order valence-corrected chi connectivity index (χ2v) is 12.3. The summed E-state index contributed by atoms with van der Waals surface area (Å²) in [5, 5.41) is 0. The van der Waals surface area contributed by atoms with E-state index in [-0.39, 0.29) is 12.2 Å². The predicted octanol–water partition coefficient (Wildman–Crippen LogP) is 6.68. The summed E-state index contributed by atoms with van der Waals surface area (Å²) >= 11 is 4.84. The Balaban J connectivity index is 1.54. The number of nitrogens with zero attached hydrogens (tertiary/aromatic N) is 2. The van der Waals surface area contributed by atoms with Gasteiger partial charge in [-0.2, -0.15) is 0 Å². The van der Waals surface area contributed by atoms with Crippen molar-refractivity contribution >= 4 is 45.0 Å². The molecule has 0 saturated carbocycles. The number of esters is 1. The molecule has 0 unspecified atom stereocenters. The topological polar surface area (TPSA) is 79.1 Å². The molecule has 5 aromatic rings. The SMILES string of the molecule is CCOC(=O)C1=C(c2ccccc2)N=c2s/c(=C\c3cc(Br)ccc3OCc3ccccc3)c(=O)n2[C@H]1c1ccc(OCC)cc1. The van der Waals surface area contributed by atoms with Crippen LogP contribution in [0.1, 0.15) is 42.1 Å². The highest BCUT2D eigenvalue weighted by atomic mass is 79.9. The molecule has 6 rings (SSSR count). The van der Waals surface area contributed by atoms with E-state index in [9.17, 15) is 9.59 Å². The molecule has 7 nitrogen and oxygen atoms in total. The van der Waals surface area contributed by atoms with Crippen LogP contribution < -0.4 is 24.4 Å². The van der Waals surface area contributed by atoms with Crippen LogP contribution in [-0.4, -0.2) is 23.8 Å². The van der Waals surface area contributed by atoms with Crippen LogP contribution in [0.3, 0.4) is 0 Å². The Morgan fingerprint density at radius 3 is 2.33 bits per heavy atom. The molecule has 232 valence electrons. The van der Waals surface area contributed by atoms with E-state index in [2.05, 4.69) is 15.9 Å². The van der Waals surface area contributed by atoms with Crippen molar-refractivity contribution in [3.05, 3.63) is 155 Å². The molecule has 9 heteroatoms. The van der Waals surface area contributed by atoms with Crippen LogP contribution in [0.4, 0.5) is 0 Å². The molecule has 1 aromatic heterocycles. The average Bonchev–Trinajstić information content (AvgIpc) is 3.39. The first kappa shape index (κ1) is 31.3. The highest BCUT2D eigenvalue weighted by molar-refractivity contribution is 9.10. The third kappa shape index (κ3) is 6.61. The molecule has 46 heavy (non-hydrogen) atoms. The van der Waals surface area contributed by atoms with Gasteiger partial charge in [0.15, 0.2) is 4.80 Å². The first-order chi connectivity index (χ1) is 22.5.